The first-order chi connectivity index (χ1) is 12.7. The summed E-state index contributed by atoms with van der Waals surface area (Å²) in [5.41, 5.74) is 11.4. The number of anilines is 2. The molecule has 0 atom stereocenters. The first-order valence-electron chi connectivity index (χ1n) is 8.57. The molecule has 1 aliphatic heterocycles. The molecule has 0 unspecified atom stereocenters. The van der Waals surface area contributed by atoms with E-state index in [0.29, 0.717) is 19.1 Å². The lowest BCUT2D eigenvalue weighted by Crippen LogP contribution is -2.34. The van der Waals surface area contributed by atoms with Gasteiger partial charge in [-0.2, -0.15) is 0 Å². The Balaban J connectivity index is 1.81. The number of fused-ring (bicyclic) bond motifs is 1. The zero-order valence-corrected chi connectivity index (χ0v) is 14.6. The molecular formula is C19H21N5O2. The third kappa shape index (κ3) is 2.97. The third-order valence-corrected chi connectivity index (χ3v) is 4.47. The third-order valence-electron chi connectivity index (χ3n) is 4.47. The molecule has 0 fully saturated rings. The molecule has 7 heteroatoms. The van der Waals surface area contributed by atoms with Crippen molar-refractivity contribution in [2.45, 2.75) is 6.92 Å². The van der Waals surface area contributed by atoms with Crippen LogP contribution in [0.15, 0.2) is 36.5 Å². The second-order valence-electron chi connectivity index (χ2n) is 6.27. The molecule has 0 bridgehead atoms. The van der Waals surface area contributed by atoms with E-state index in [1.54, 1.807) is 6.20 Å². The highest BCUT2D eigenvalue weighted by Gasteiger charge is 2.20. The van der Waals surface area contributed by atoms with Crippen LogP contribution in [0.2, 0.25) is 0 Å². The Morgan fingerprint density at radius 2 is 2.15 bits per heavy atom. The lowest BCUT2D eigenvalue weighted by atomic mass is 10.0. The van der Waals surface area contributed by atoms with Crippen molar-refractivity contribution < 1.29 is 9.84 Å². The molecule has 134 valence electrons. The average Bonchev–Trinajstić information content (AvgIpc) is 3.04. The number of aliphatic hydroxyl groups is 1. The minimum Gasteiger partial charge on any atom is -0.490 e. The largest absolute Gasteiger partial charge is 0.490 e. The van der Waals surface area contributed by atoms with Gasteiger partial charge in [-0.25, -0.2) is 4.98 Å². The highest BCUT2D eigenvalue weighted by atomic mass is 16.5. The number of β-amino-alcohol motifs (C(OH)–C–C–N with tert-alkyl or cyclic N) is 1. The summed E-state index contributed by atoms with van der Waals surface area (Å²) in [5, 5.41) is 9.33. The van der Waals surface area contributed by atoms with Crippen molar-refractivity contribution in [3.63, 3.8) is 0 Å². The summed E-state index contributed by atoms with van der Waals surface area (Å²) in [7, 11) is 0. The Kier molecular flexibility index (Phi) is 4.22. The van der Waals surface area contributed by atoms with Gasteiger partial charge in [0.15, 0.2) is 5.95 Å². The van der Waals surface area contributed by atoms with E-state index in [9.17, 15) is 5.11 Å². The van der Waals surface area contributed by atoms with Crippen molar-refractivity contribution in [2.75, 3.05) is 36.9 Å². The van der Waals surface area contributed by atoms with E-state index in [0.717, 1.165) is 46.2 Å². The van der Waals surface area contributed by atoms with E-state index in [1.165, 1.54) is 0 Å². The van der Waals surface area contributed by atoms with Crippen molar-refractivity contribution in [2.24, 2.45) is 0 Å². The monoisotopic (exact) mass is 351 g/mol. The maximum Gasteiger partial charge on any atom is 0.198 e. The molecule has 7 nitrogen and oxygen atoms in total. The summed E-state index contributed by atoms with van der Waals surface area (Å²) in [6.45, 7) is 3.98. The maximum absolute atomic E-state index is 9.33. The zero-order valence-electron chi connectivity index (χ0n) is 14.6. The quantitative estimate of drug-likeness (QED) is 0.666. The number of benzene rings is 1. The van der Waals surface area contributed by atoms with Gasteiger partial charge in [0.25, 0.3) is 0 Å². The molecule has 1 aliphatic rings. The highest BCUT2D eigenvalue weighted by molar-refractivity contribution is 5.82. The SMILES string of the molecule is Cc1cc(-c2[nH]c(N)nc2-c2ccc3c(c2)N(CCO)CCO3)ccn1. The van der Waals surface area contributed by atoms with Crippen molar-refractivity contribution in [1.29, 1.82) is 0 Å². The molecule has 1 aromatic carbocycles. The maximum atomic E-state index is 9.33. The van der Waals surface area contributed by atoms with Crippen LogP contribution in [0.5, 0.6) is 5.75 Å². The van der Waals surface area contributed by atoms with Crippen LogP contribution in [-0.2, 0) is 0 Å². The molecule has 3 aromatic rings. The molecule has 26 heavy (non-hydrogen) atoms. The normalized spacial score (nSPS) is 13.4. The summed E-state index contributed by atoms with van der Waals surface area (Å²) < 4.78 is 5.74. The number of H-pyrrole nitrogens is 1. The van der Waals surface area contributed by atoms with E-state index in [4.69, 9.17) is 10.5 Å². The van der Waals surface area contributed by atoms with Crippen LogP contribution in [-0.4, -0.2) is 46.4 Å². The second-order valence-corrected chi connectivity index (χ2v) is 6.27. The molecule has 3 heterocycles. The Labute approximate surface area is 151 Å². The van der Waals surface area contributed by atoms with Gasteiger partial charge in [-0.1, -0.05) is 0 Å². The number of nitrogen functional groups attached to an aromatic ring is 1. The molecule has 4 N–H and O–H groups in total. The van der Waals surface area contributed by atoms with Crippen LogP contribution in [0.1, 0.15) is 5.69 Å². The van der Waals surface area contributed by atoms with Gasteiger partial charge in [-0.05, 0) is 37.3 Å². The molecule has 2 aromatic heterocycles. The van der Waals surface area contributed by atoms with Crippen molar-refractivity contribution in [3.8, 4) is 28.3 Å². The number of rotatable bonds is 4. The Hall–Kier alpha value is -3.06. The second kappa shape index (κ2) is 6.68. The van der Waals surface area contributed by atoms with Gasteiger partial charge in [0.2, 0.25) is 0 Å². The van der Waals surface area contributed by atoms with Crippen molar-refractivity contribution in [3.05, 3.63) is 42.2 Å². The Bertz CT molecular complexity index is 937. The number of hydrogen-bond donors (Lipinski definition) is 3. The average molecular weight is 351 g/mol. The van der Waals surface area contributed by atoms with Gasteiger partial charge in [-0.15, -0.1) is 0 Å². The van der Waals surface area contributed by atoms with E-state index in [1.807, 2.05) is 37.3 Å². The van der Waals surface area contributed by atoms with Gasteiger partial charge in [0, 0.05) is 29.6 Å². The smallest absolute Gasteiger partial charge is 0.198 e. The fourth-order valence-corrected chi connectivity index (χ4v) is 3.28. The van der Waals surface area contributed by atoms with Crippen LogP contribution < -0.4 is 15.4 Å². The van der Waals surface area contributed by atoms with Gasteiger partial charge in [-0.3, -0.25) is 4.98 Å². The first kappa shape index (κ1) is 16.4. The fourth-order valence-electron chi connectivity index (χ4n) is 3.28. The molecule has 0 saturated heterocycles. The Morgan fingerprint density at radius 3 is 2.96 bits per heavy atom. The number of imidazole rings is 1. The summed E-state index contributed by atoms with van der Waals surface area (Å²) in [6.07, 6.45) is 1.77. The molecule has 0 amide bonds. The lowest BCUT2D eigenvalue weighted by molar-refractivity contribution is 0.278. The van der Waals surface area contributed by atoms with Crippen LogP contribution >= 0.6 is 0 Å². The van der Waals surface area contributed by atoms with Gasteiger partial charge < -0.3 is 25.5 Å². The van der Waals surface area contributed by atoms with Gasteiger partial charge >= 0.3 is 0 Å². The number of aliphatic hydroxyl groups excluding tert-OH is 1. The minimum atomic E-state index is 0.0978. The number of nitrogens with zero attached hydrogens (tertiary/aromatic N) is 3. The Morgan fingerprint density at radius 1 is 1.27 bits per heavy atom. The number of nitrogens with one attached hydrogen (secondary N) is 1. The summed E-state index contributed by atoms with van der Waals surface area (Å²) >= 11 is 0. The molecule has 0 aliphatic carbocycles. The van der Waals surface area contributed by atoms with E-state index >= 15 is 0 Å². The lowest BCUT2D eigenvalue weighted by Gasteiger charge is -2.31. The molecule has 4 rings (SSSR count). The first-order valence-corrected chi connectivity index (χ1v) is 8.57. The van der Waals surface area contributed by atoms with Crippen molar-refractivity contribution in [1.82, 2.24) is 15.0 Å². The number of pyridine rings is 1. The minimum absolute atomic E-state index is 0.0978. The van der Waals surface area contributed by atoms with Crippen LogP contribution in [0.3, 0.4) is 0 Å². The van der Waals surface area contributed by atoms with Crippen LogP contribution in [0, 0.1) is 6.92 Å². The van der Waals surface area contributed by atoms with Gasteiger partial charge in [0.05, 0.1) is 30.2 Å². The van der Waals surface area contributed by atoms with E-state index in [2.05, 4.69) is 19.9 Å². The molecule has 0 spiro atoms. The van der Waals surface area contributed by atoms with E-state index in [-0.39, 0.29) is 6.61 Å². The van der Waals surface area contributed by atoms with E-state index < -0.39 is 0 Å². The molecule has 0 saturated carbocycles. The van der Waals surface area contributed by atoms with Crippen molar-refractivity contribution >= 4 is 11.6 Å². The highest BCUT2D eigenvalue weighted by Crippen LogP contribution is 2.38. The predicted molar refractivity (Wildman–Crippen MR) is 101 cm³/mol. The number of nitrogens with two attached hydrogens (primary N) is 1. The number of aryl methyl sites for hydroxylation is 1. The topological polar surface area (TPSA) is 100 Å². The molecular weight excluding hydrogens is 330 g/mol. The summed E-state index contributed by atoms with van der Waals surface area (Å²) in [6, 6.07) is 9.89. The molecule has 0 radical (unpaired) electrons. The summed E-state index contributed by atoms with van der Waals surface area (Å²) in [4.78, 5) is 14.0. The summed E-state index contributed by atoms with van der Waals surface area (Å²) in [5.74, 6) is 1.18. The zero-order chi connectivity index (χ0) is 18.1. The van der Waals surface area contributed by atoms with Gasteiger partial charge in [0.1, 0.15) is 12.4 Å². The number of aromatic amines is 1. The van der Waals surface area contributed by atoms with Crippen LogP contribution in [0.4, 0.5) is 11.6 Å². The fraction of sp³-hybridized carbons (Fsp3) is 0.263. The number of hydrogen-bond acceptors (Lipinski definition) is 6. The number of ether oxygens (including phenoxy) is 1. The number of aromatic nitrogens is 3. The van der Waals surface area contributed by atoms with Crippen LogP contribution in [0.25, 0.3) is 22.5 Å². The predicted octanol–water partition coefficient (Wildman–Crippen LogP) is 2.22. The standard InChI is InChI=1S/C19H21N5O2/c1-12-10-14(4-5-21-12)18-17(22-19(20)23-18)13-2-3-16-15(11-13)24(6-8-25)7-9-26-16/h2-5,10-11,25H,6-9H2,1H3,(H3,20,22,23).